The molecule has 0 amide bonds. The summed E-state index contributed by atoms with van der Waals surface area (Å²) in [5.41, 5.74) is 3.05. The summed E-state index contributed by atoms with van der Waals surface area (Å²) in [5.74, 6) is 0.185. The van der Waals surface area contributed by atoms with Crippen LogP contribution in [0.5, 0.6) is 0 Å². The predicted molar refractivity (Wildman–Crippen MR) is 78.4 cm³/mol. The monoisotopic (exact) mass is 336 g/mol. The van der Waals surface area contributed by atoms with Crippen molar-refractivity contribution >= 4 is 28.4 Å². The summed E-state index contributed by atoms with van der Waals surface area (Å²) in [7, 11) is 0. The van der Waals surface area contributed by atoms with Crippen molar-refractivity contribution in [1.29, 1.82) is 0 Å². The highest BCUT2D eigenvalue weighted by Gasteiger charge is 2.11. The standard InChI is InChI=1S/C15H13IO/c1-11-6-5-9-13(15(11)16)14(17)10-12-7-3-2-4-8-12/h2-9H,10H2,1H3. The first kappa shape index (κ1) is 12.3. The molecule has 17 heavy (non-hydrogen) atoms. The van der Waals surface area contributed by atoms with Crippen molar-refractivity contribution in [2.75, 3.05) is 0 Å². The van der Waals surface area contributed by atoms with Crippen molar-refractivity contribution in [3.8, 4) is 0 Å². The molecule has 0 spiro atoms. The fourth-order valence-electron chi connectivity index (χ4n) is 1.74. The SMILES string of the molecule is Cc1cccc(C(=O)Cc2ccccc2)c1I. The number of hydrogen-bond donors (Lipinski definition) is 0. The van der Waals surface area contributed by atoms with Crippen LogP contribution in [0.15, 0.2) is 48.5 Å². The number of halogens is 1. The van der Waals surface area contributed by atoms with E-state index < -0.39 is 0 Å². The maximum absolute atomic E-state index is 12.2. The predicted octanol–water partition coefficient (Wildman–Crippen LogP) is 4.03. The summed E-state index contributed by atoms with van der Waals surface area (Å²) >= 11 is 2.24. The lowest BCUT2D eigenvalue weighted by atomic mass is 10.0. The largest absolute Gasteiger partial charge is 0.294 e. The Bertz CT molecular complexity index is 532. The van der Waals surface area contributed by atoms with Gasteiger partial charge in [-0.2, -0.15) is 0 Å². The van der Waals surface area contributed by atoms with Crippen LogP contribution >= 0.6 is 22.6 Å². The normalized spacial score (nSPS) is 10.2. The molecule has 0 radical (unpaired) electrons. The average molecular weight is 336 g/mol. The van der Waals surface area contributed by atoms with Gasteiger partial charge in [-0.25, -0.2) is 0 Å². The maximum Gasteiger partial charge on any atom is 0.168 e. The van der Waals surface area contributed by atoms with E-state index in [4.69, 9.17) is 0 Å². The Morgan fingerprint density at radius 3 is 2.47 bits per heavy atom. The van der Waals surface area contributed by atoms with Gasteiger partial charge in [0, 0.05) is 15.6 Å². The summed E-state index contributed by atoms with van der Waals surface area (Å²) in [6, 6.07) is 15.7. The topological polar surface area (TPSA) is 17.1 Å². The molecule has 2 aromatic rings. The van der Waals surface area contributed by atoms with E-state index >= 15 is 0 Å². The molecule has 0 unspecified atom stereocenters. The van der Waals surface area contributed by atoms with Gasteiger partial charge in [-0.15, -0.1) is 0 Å². The molecule has 2 aromatic carbocycles. The van der Waals surface area contributed by atoms with Crippen LogP contribution in [-0.2, 0) is 6.42 Å². The third-order valence-electron chi connectivity index (χ3n) is 2.70. The maximum atomic E-state index is 12.2. The van der Waals surface area contributed by atoms with Gasteiger partial charge in [0.2, 0.25) is 0 Å². The zero-order valence-corrected chi connectivity index (χ0v) is 11.8. The molecule has 0 bridgehead atoms. The van der Waals surface area contributed by atoms with E-state index in [1.54, 1.807) is 0 Å². The van der Waals surface area contributed by atoms with Crippen LogP contribution in [0.2, 0.25) is 0 Å². The molecule has 2 heteroatoms. The highest BCUT2D eigenvalue weighted by atomic mass is 127. The van der Waals surface area contributed by atoms with Crippen molar-refractivity contribution < 1.29 is 4.79 Å². The van der Waals surface area contributed by atoms with Gasteiger partial charge >= 0.3 is 0 Å². The number of Topliss-reactive ketones (excluding diaryl/α,β-unsaturated/α-hetero) is 1. The first-order chi connectivity index (χ1) is 8.18. The van der Waals surface area contributed by atoms with E-state index in [1.807, 2.05) is 55.5 Å². The molecule has 2 rings (SSSR count). The van der Waals surface area contributed by atoms with Crippen molar-refractivity contribution in [3.63, 3.8) is 0 Å². The van der Waals surface area contributed by atoms with Crippen molar-refractivity contribution in [3.05, 3.63) is 68.8 Å². The number of carbonyl (C=O) groups excluding carboxylic acids is 1. The van der Waals surface area contributed by atoms with Gasteiger partial charge in [0.1, 0.15) is 0 Å². The lowest BCUT2D eigenvalue weighted by Crippen LogP contribution is -2.06. The first-order valence-corrected chi connectivity index (χ1v) is 6.58. The Morgan fingerprint density at radius 2 is 1.76 bits per heavy atom. The van der Waals surface area contributed by atoms with Crippen LogP contribution in [0.4, 0.5) is 0 Å². The second kappa shape index (κ2) is 5.45. The van der Waals surface area contributed by atoms with Crippen LogP contribution in [0.25, 0.3) is 0 Å². The third kappa shape index (κ3) is 2.94. The molecule has 0 saturated carbocycles. The van der Waals surface area contributed by atoms with Gasteiger partial charge in [-0.1, -0.05) is 48.5 Å². The molecule has 0 atom stereocenters. The van der Waals surface area contributed by atoms with Gasteiger partial charge < -0.3 is 0 Å². The minimum atomic E-state index is 0.185. The summed E-state index contributed by atoms with van der Waals surface area (Å²) in [4.78, 5) is 12.2. The van der Waals surface area contributed by atoms with Gasteiger partial charge in [-0.3, -0.25) is 4.79 Å². The van der Waals surface area contributed by atoms with Gasteiger partial charge in [0.15, 0.2) is 5.78 Å². The van der Waals surface area contributed by atoms with Crippen LogP contribution in [0.1, 0.15) is 21.5 Å². The molecular weight excluding hydrogens is 323 g/mol. The first-order valence-electron chi connectivity index (χ1n) is 5.50. The highest BCUT2D eigenvalue weighted by molar-refractivity contribution is 14.1. The zero-order valence-electron chi connectivity index (χ0n) is 9.61. The minimum absolute atomic E-state index is 0.185. The number of rotatable bonds is 3. The number of benzene rings is 2. The van der Waals surface area contributed by atoms with Gasteiger partial charge in [0.05, 0.1) is 0 Å². The Hall–Kier alpha value is -1.16. The molecule has 0 aliphatic rings. The molecule has 0 heterocycles. The second-order valence-electron chi connectivity index (χ2n) is 4.02. The van der Waals surface area contributed by atoms with E-state index in [0.717, 1.165) is 20.3 Å². The number of aryl methyl sites for hydroxylation is 1. The minimum Gasteiger partial charge on any atom is -0.294 e. The van der Waals surface area contributed by atoms with E-state index in [2.05, 4.69) is 22.6 Å². The van der Waals surface area contributed by atoms with E-state index in [0.29, 0.717) is 6.42 Å². The lowest BCUT2D eigenvalue weighted by molar-refractivity contribution is 0.0992. The van der Waals surface area contributed by atoms with Gasteiger partial charge in [0.25, 0.3) is 0 Å². The fourth-order valence-corrected chi connectivity index (χ4v) is 2.40. The Balaban J connectivity index is 2.24. The van der Waals surface area contributed by atoms with Gasteiger partial charge in [-0.05, 0) is 40.6 Å². The van der Waals surface area contributed by atoms with Crippen LogP contribution in [-0.4, -0.2) is 5.78 Å². The summed E-state index contributed by atoms with van der Waals surface area (Å²) in [6.07, 6.45) is 0.473. The molecular formula is C15H13IO. The summed E-state index contributed by atoms with van der Waals surface area (Å²) in [5, 5.41) is 0. The van der Waals surface area contributed by atoms with Crippen molar-refractivity contribution in [1.82, 2.24) is 0 Å². The quantitative estimate of drug-likeness (QED) is 0.611. The molecule has 86 valence electrons. The zero-order chi connectivity index (χ0) is 12.3. The highest BCUT2D eigenvalue weighted by Crippen LogP contribution is 2.18. The van der Waals surface area contributed by atoms with Crippen molar-refractivity contribution in [2.24, 2.45) is 0 Å². The number of carbonyl (C=O) groups is 1. The van der Waals surface area contributed by atoms with E-state index in [-0.39, 0.29) is 5.78 Å². The Labute approximate surface area is 115 Å². The van der Waals surface area contributed by atoms with Crippen LogP contribution in [0, 0.1) is 10.5 Å². The molecule has 0 aliphatic heterocycles. The molecule has 0 aromatic heterocycles. The van der Waals surface area contributed by atoms with E-state index in [9.17, 15) is 4.79 Å². The van der Waals surface area contributed by atoms with Crippen LogP contribution < -0.4 is 0 Å². The van der Waals surface area contributed by atoms with E-state index in [1.165, 1.54) is 0 Å². The average Bonchev–Trinajstić information content (AvgIpc) is 2.34. The fraction of sp³-hybridized carbons (Fsp3) is 0.133. The summed E-state index contributed by atoms with van der Waals surface area (Å²) in [6.45, 7) is 2.03. The molecule has 1 nitrogen and oxygen atoms in total. The third-order valence-corrected chi connectivity index (χ3v) is 4.13. The number of ketones is 1. The van der Waals surface area contributed by atoms with Crippen LogP contribution in [0.3, 0.4) is 0 Å². The summed E-state index contributed by atoms with van der Waals surface area (Å²) < 4.78 is 1.06. The molecule has 0 aliphatic carbocycles. The molecule has 0 fully saturated rings. The van der Waals surface area contributed by atoms with Crippen molar-refractivity contribution in [2.45, 2.75) is 13.3 Å². The second-order valence-corrected chi connectivity index (χ2v) is 5.10. The lowest BCUT2D eigenvalue weighted by Gasteiger charge is -2.06. The molecule has 0 N–H and O–H groups in total. The molecule has 0 saturated heterocycles. The smallest absolute Gasteiger partial charge is 0.168 e. The number of hydrogen-bond acceptors (Lipinski definition) is 1. The Morgan fingerprint density at radius 1 is 1.06 bits per heavy atom. The Kier molecular flexibility index (Phi) is 3.94.